The van der Waals surface area contributed by atoms with Gasteiger partial charge in [0.25, 0.3) is 0 Å². The lowest BCUT2D eigenvalue weighted by atomic mass is 10.2. The molecule has 0 aliphatic carbocycles. The van der Waals surface area contributed by atoms with E-state index in [1.165, 1.54) is 0 Å². The van der Waals surface area contributed by atoms with Gasteiger partial charge in [-0.2, -0.15) is 4.85 Å². The molecule has 0 bridgehead atoms. The number of nitrogens with zero attached hydrogens (tertiary/aromatic N) is 3. The molecule has 1 aromatic carbocycles. The lowest BCUT2D eigenvalue weighted by Crippen LogP contribution is -2.26. The maximum Gasteiger partial charge on any atom is 0.367 e. The second kappa shape index (κ2) is 4.49. The van der Waals surface area contributed by atoms with Crippen LogP contribution < -0.4 is 4.43 Å². The molecule has 0 fully saturated rings. The second-order valence-electron chi connectivity index (χ2n) is 3.43. The molecule has 0 spiro atoms. The summed E-state index contributed by atoms with van der Waals surface area (Å²) in [7, 11) is 0. The summed E-state index contributed by atoms with van der Waals surface area (Å²) < 4.78 is 0.719. The first-order valence-electron chi connectivity index (χ1n) is 4.76. The molecule has 0 saturated carbocycles. The quantitative estimate of drug-likeness (QED) is 0.713. The molecule has 2 rings (SSSR count). The molecule has 0 N–H and O–H groups in total. The first-order valence-corrected chi connectivity index (χ1v) is 4.76. The standard InChI is InChI=1S/C10H11N3O2.ClH/c1-3-10-11-13(15)8-5-4-7(2)6-9(8)12(10)14;/h4-6H,3H2,1-2H3;1H. The van der Waals surface area contributed by atoms with Crippen LogP contribution >= 0.6 is 12.4 Å². The smallest absolute Gasteiger partial charge is 0.367 e. The highest BCUT2D eigenvalue weighted by Gasteiger charge is 2.14. The van der Waals surface area contributed by atoms with Crippen LogP contribution in [0.25, 0.3) is 11.0 Å². The minimum absolute atomic E-state index is 0. The van der Waals surface area contributed by atoms with Crippen LogP contribution in [0.15, 0.2) is 18.2 Å². The van der Waals surface area contributed by atoms with E-state index in [9.17, 15) is 10.1 Å². The van der Waals surface area contributed by atoms with Gasteiger partial charge in [0, 0.05) is 4.43 Å². The summed E-state index contributed by atoms with van der Waals surface area (Å²) in [5, 5.41) is 15.1. The van der Waals surface area contributed by atoms with Gasteiger partial charge in [0.05, 0.1) is 11.5 Å². The summed E-state index contributed by atoms with van der Waals surface area (Å²) in [6.45, 7) is 3.67. The third kappa shape index (κ3) is 1.86. The van der Waals surface area contributed by atoms with Gasteiger partial charge in [0.2, 0.25) is 5.52 Å². The van der Waals surface area contributed by atoms with Gasteiger partial charge in [-0.1, -0.05) is 17.9 Å². The molecular formula is C10H12ClN3O2. The average molecular weight is 242 g/mol. The van der Waals surface area contributed by atoms with Gasteiger partial charge < -0.3 is 5.21 Å². The van der Waals surface area contributed by atoms with Crippen LogP contribution in [-0.2, 0) is 6.42 Å². The summed E-state index contributed by atoms with van der Waals surface area (Å²) in [4.78, 5) is 12.3. The van der Waals surface area contributed by atoms with Crippen molar-refractivity contribution in [1.82, 2.24) is 9.94 Å². The van der Waals surface area contributed by atoms with Crippen molar-refractivity contribution < 1.29 is 4.43 Å². The zero-order valence-corrected chi connectivity index (χ0v) is 9.82. The van der Waals surface area contributed by atoms with Crippen molar-refractivity contribution in [3.8, 4) is 0 Å². The Hall–Kier alpha value is -1.62. The Bertz CT molecular complexity index is 580. The number of hydrogen-bond acceptors (Lipinski definition) is 3. The minimum Gasteiger partial charge on any atom is -0.772 e. The summed E-state index contributed by atoms with van der Waals surface area (Å²) in [6, 6.07) is 5.08. The van der Waals surface area contributed by atoms with Crippen molar-refractivity contribution in [2.45, 2.75) is 20.3 Å². The van der Waals surface area contributed by atoms with E-state index in [0.29, 0.717) is 22.3 Å². The van der Waals surface area contributed by atoms with Crippen molar-refractivity contribution in [3.05, 3.63) is 39.7 Å². The lowest BCUT2D eigenvalue weighted by Gasteiger charge is -2.05. The van der Waals surface area contributed by atoms with E-state index in [4.69, 9.17) is 0 Å². The highest BCUT2D eigenvalue weighted by Crippen LogP contribution is 2.10. The molecule has 0 saturated heterocycles. The molecule has 0 aliphatic rings. The van der Waals surface area contributed by atoms with E-state index in [-0.39, 0.29) is 18.2 Å². The van der Waals surface area contributed by atoms with Crippen LogP contribution in [0.3, 0.4) is 0 Å². The molecular weight excluding hydrogens is 230 g/mol. The van der Waals surface area contributed by atoms with E-state index in [1.54, 1.807) is 25.1 Å². The monoisotopic (exact) mass is 241 g/mol. The molecule has 6 heteroatoms. The molecule has 0 aliphatic heterocycles. The number of halogens is 1. The minimum atomic E-state index is 0. The maximum absolute atomic E-state index is 11.8. The number of hydrogen-bond donors (Lipinski definition) is 0. The Kier molecular flexibility index (Phi) is 3.49. The van der Waals surface area contributed by atoms with Crippen molar-refractivity contribution in [2.24, 2.45) is 0 Å². The first kappa shape index (κ1) is 12.4. The normalized spacial score (nSPS) is 10.1. The van der Waals surface area contributed by atoms with Crippen molar-refractivity contribution >= 4 is 23.4 Å². The van der Waals surface area contributed by atoms with Crippen molar-refractivity contribution in [2.75, 3.05) is 0 Å². The number of aromatic nitrogens is 3. The molecule has 2 aromatic rings. The third-order valence-corrected chi connectivity index (χ3v) is 2.31. The van der Waals surface area contributed by atoms with Gasteiger partial charge in [0.1, 0.15) is 5.52 Å². The third-order valence-electron chi connectivity index (χ3n) is 2.31. The fourth-order valence-corrected chi connectivity index (χ4v) is 1.51. The number of fused-ring (bicyclic) bond motifs is 1. The largest absolute Gasteiger partial charge is 0.772 e. The second-order valence-corrected chi connectivity index (χ2v) is 3.43. The van der Waals surface area contributed by atoms with Crippen molar-refractivity contribution in [3.63, 3.8) is 0 Å². The van der Waals surface area contributed by atoms with E-state index < -0.39 is 0 Å². The Balaban J connectivity index is 0.00000128. The summed E-state index contributed by atoms with van der Waals surface area (Å²) in [6.07, 6.45) is 0.440. The van der Waals surface area contributed by atoms with Crippen LogP contribution in [0, 0.1) is 17.0 Å². The van der Waals surface area contributed by atoms with E-state index in [1.807, 2.05) is 6.92 Å². The van der Waals surface area contributed by atoms with Gasteiger partial charge in [-0.3, -0.25) is 0 Å². The van der Waals surface area contributed by atoms with Gasteiger partial charge in [0.15, 0.2) is 0 Å². The average Bonchev–Trinajstić information content (AvgIpc) is 2.23. The van der Waals surface area contributed by atoms with Crippen LogP contribution in [-0.4, -0.2) is 9.94 Å². The zero-order valence-electron chi connectivity index (χ0n) is 9.01. The topological polar surface area (TPSA) is 63.9 Å². The predicted octanol–water partition coefficient (Wildman–Crippen LogP) is 1.59. The molecule has 0 atom stereocenters. The summed E-state index contributed by atoms with van der Waals surface area (Å²) >= 11 is 0. The fraction of sp³-hybridized carbons (Fsp3) is 0.300. The van der Waals surface area contributed by atoms with Gasteiger partial charge >= 0.3 is 5.82 Å². The predicted molar refractivity (Wildman–Crippen MR) is 63.2 cm³/mol. The molecule has 0 radical (unpaired) electrons. The molecule has 86 valence electrons. The van der Waals surface area contributed by atoms with Crippen molar-refractivity contribution in [1.29, 1.82) is 0 Å². The molecule has 0 unspecified atom stereocenters. The number of benzene rings is 1. The van der Waals surface area contributed by atoms with E-state index in [2.05, 4.69) is 5.10 Å². The molecule has 1 aromatic heterocycles. The highest BCUT2D eigenvalue weighted by molar-refractivity contribution is 5.85. The van der Waals surface area contributed by atoms with Crippen LogP contribution in [0.5, 0.6) is 0 Å². The number of rotatable bonds is 1. The Morgan fingerprint density at radius 3 is 2.81 bits per heavy atom. The molecule has 0 amide bonds. The Labute approximate surface area is 98.3 Å². The van der Waals surface area contributed by atoms with E-state index in [0.717, 1.165) is 9.99 Å². The van der Waals surface area contributed by atoms with E-state index >= 15 is 0 Å². The SMILES string of the molecule is CCc1nn([O-])c2ccc(C)cc2[n+]1=O.Cl. The Morgan fingerprint density at radius 2 is 2.19 bits per heavy atom. The van der Waals surface area contributed by atoms with Crippen LogP contribution in [0.4, 0.5) is 0 Å². The fourth-order valence-electron chi connectivity index (χ4n) is 1.51. The Morgan fingerprint density at radius 1 is 1.50 bits per heavy atom. The van der Waals surface area contributed by atoms with Crippen LogP contribution in [0.2, 0.25) is 0 Å². The highest BCUT2D eigenvalue weighted by atomic mass is 35.5. The van der Waals surface area contributed by atoms with Gasteiger partial charge in [-0.05, 0) is 24.6 Å². The summed E-state index contributed by atoms with van der Waals surface area (Å²) in [5.41, 5.74) is 1.62. The first-order chi connectivity index (χ1) is 7.13. The molecule has 5 nitrogen and oxygen atoms in total. The van der Waals surface area contributed by atoms with Gasteiger partial charge in [-0.25, -0.2) is 0 Å². The molecule has 1 heterocycles. The lowest BCUT2D eigenvalue weighted by molar-refractivity contribution is -0.480. The number of aryl methyl sites for hydroxylation is 2. The van der Waals surface area contributed by atoms with Crippen LogP contribution in [0.1, 0.15) is 18.3 Å². The van der Waals surface area contributed by atoms with Gasteiger partial charge in [-0.15, -0.1) is 12.4 Å². The maximum atomic E-state index is 11.8. The zero-order chi connectivity index (χ0) is 11.0. The molecule has 16 heavy (non-hydrogen) atoms. The summed E-state index contributed by atoms with van der Waals surface area (Å²) in [5.74, 6) is 0.239.